The van der Waals surface area contributed by atoms with E-state index in [1.165, 1.54) is 30.5 Å². The minimum absolute atomic E-state index is 0.0422. The van der Waals surface area contributed by atoms with E-state index in [1.54, 1.807) is 24.9 Å². The second-order valence-electron chi connectivity index (χ2n) is 5.29. The minimum Gasteiger partial charge on any atom is -0.383 e. The average molecular weight is 319 g/mol. The van der Waals surface area contributed by atoms with E-state index in [2.05, 4.69) is 15.7 Å². The van der Waals surface area contributed by atoms with Gasteiger partial charge in [-0.15, -0.1) is 0 Å². The first-order chi connectivity index (χ1) is 10.8. The standard InChI is InChI=1S/C14H17N5O4/c1-14(21,10-7-16-18(2)8-10)9-15-13(20)17-11-4-3-5-12(6-11)19(22)23/h3-8,21H,9H2,1-2H3,(H2,15,17,20). The number of nitro groups is 1. The van der Waals surface area contributed by atoms with Crippen LogP contribution in [0.25, 0.3) is 0 Å². The van der Waals surface area contributed by atoms with Crippen molar-refractivity contribution in [2.45, 2.75) is 12.5 Å². The van der Waals surface area contributed by atoms with Gasteiger partial charge in [-0.05, 0) is 13.0 Å². The lowest BCUT2D eigenvalue weighted by Crippen LogP contribution is -2.40. The molecule has 9 nitrogen and oxygen atoms in total. The number of non-ortho nitro benzene ring substituents is 1. The van der Waals surface area contributed by atoms with Gasteiger partial charge >= 0.3 is 6.03 Å². The Labute approximate surface area is 132 Å². The molecule has 1 aromatic heterocycles. The van der Waals surface area contributed by atoms with Gasteiger partial charge in [-0.3, -0.25) is 14.8 Å². The van der Waals surface area contributed by atoms with E-state index in [9.17, 15) is 20.0 Å². The summed E-state index contributed by atoms with van der Waals surface area (Å²) in [7, 11) is 1.72. The van der Waals surface area contributed by atoms with E-state index in [0.717, 1.165) is 0 Å². The van der Waals surface area contributed by atoms with Crippen LogP contribution in [0.4, 0.5) is 16.2 Å². The van der Waals surface area contributed by atoms with Crippen molar-refractivity contribution in [1.29, 1.82) is 0 Å². The molecule has 9 heteroatoms. The van der Waals surface area contributed by atoms with Crippen molar-refractivity contribution < 1.29 is 14.8 Å². The highest BCUT2D eigenvalue weighted by molar-refractivity contribution is 5.89. The normalized spacial score (nSPS) is 13.2. The Hall–Kier alpha value is -2.94. The van der Waals surface area contributed by atoms with Crippen LogP contribution >= 0.6 is 0 Å². The van der Waals surface area contributed by atoms with Crippen LogP contribution in [-0.4, -0.2) is 32.4 Å². The first kappa shape index (κ1) is 16.4. The molecule has 0 saturated carbocycles. The molecular weight excluding hydrogens is 302 g/mol. The maximum atomic E-state index is 11.9. The predicted molar refractivity (Wildman–Crippen MR) is 82.9 cm³/mol. The van der Waals surface area contributed by atoms with E-state index in [-0.39, 0.29) is 17.9 Å². The maximum Gasteiger partial charge on any atom is 0.319 e. The number of carbonyl (C=O) groups is 1. The quantitative estimate of drug-likeness (QED) is 0.567. The fourth-order valence-corrected chi connectivity index (χ4v) is 1.93. The van der Waals surface area contributed by atoms with Crippen molar-refractivity contribution in [3.8, 4) is 0 Å². The van der Waals surface area contributed by atoms with Gasteiger partial charge in [0.25, 0.3) is 5.69 Å². The Bertz CT molecular complexity index is 725. The van der Waals surface area contributed by atoms with Crippen molar-refractivity contribution in [3.05, 3.63) is 52.3 Å². The first-order valence-electron chi connectivity index (χ1n) is 6.79. The van der Waals surface area contributed by atoms with Crippen LogP contribution < -0.4 is 10.6 Å². The van der Waals surface area contributed by atoms with Gasteiger partial charge in [-0.2, -0.15) is 5.10 Å². The van der Waals surface area contributed by atoms with E-state index >= 15 is 0 Å². The third kappa shape index (κ3) is 4.27. The average Bonchev–Trinajstić information content (AvgIpc) is 2.93. The van der Waals surface area contributed by atoms with Gasteiger partial charge in [0.15, 0.2) is 0 Å². The molecule has 0 aliphatic rings. The maximum absolute atomic E-state index is 11.9. The Morgan fingerprint density at radius 2 is 2.26 bits per heavy atom. The van der Waals surface area contributed by atoms with Gasteiger partial charge < -0.3 is 15.7 Å². The van der Waals surface area contributed by atoms with Crippen LogP contribution in [0.15, 0.2) is 36.7 Å². The van der Waals surface area contributed by atoms with Crippen molar-refractivity contribution in [2.24, 2.45) is 7.05 Å². The first-order valence-corrected chi connectivity index (χ1v) is 6.79. The summed E-state index contributed by atoms with van der Waals surface area (Å²) >= 11 is 0. The number of urea groups is 1. The molecule has 3 N–H and O–H groups in total. The monoisotopic (exact) mass is 319 g/mol. The Morgan fingerprint density at radius 1 is 1.52 bits per heavy atom. The molecule has 0 bridgehead atoms. The highest BCUT2D eigenvalue weighted by Crippen LogP contribution is 2.19. The molecule has 0 radical (unpaired) electrons. The molecule has 0 aliphatic heterocycles. The molecule has 2 rings (SSSR count). The molecule has 2 amide bonds. The number of hydrogen-bond donors (Lipinski definition) is 3. The van der Waals surface area contributed by atoms with Gasteiger partial charge in [0, 0.05) is 36.6 Å². The number of nitrogens with one attached hydrogen (secondary N) is 2. The third-order valence-electron chi connectivity index (χ3n) is 3.23. The van der Waals surface area contributed by atoms with Gasteiger partial charge in [0.1, 0.15) is 5.60 Å². The summed E-state index contributed by atoms with van der Waals surface area (Å²) in [6.07, 6.45) is 3.17. The number of aromatic nitrogens is 2. The molecule has 1 aromatic carbocycles. The molecule has 1 unspecified atom stereocenters. The fourth-order valence-electron chi connectivity index (χ4n) is 1.93. The molecule has 0 spiro atoms. The number of nitro benzene ring substituents is 1. The molecule has 0 fully saturated rings. The number of carbonyl (C=O) groups excluding carboxylic acids is 1. The lowest BCUT2D eigenvalue weighted by molar-refractivity contribution is -0.384. The number of aliphatic hydroxyl groups is 1. The number of aryl methyl sites for hydroxylation is 1. The summed E-state index contributed by atoms with van der Waals surface area (Å²) in [6, 6.07) is 5.01. The van der Waals surface area contributed by atoms with Gasteiger partial charge in [-0.25, -0.2) is 4.79 Å². The molecule has 23 heavy (non-hydrogen) atoms. The summed E-state index contributed by atoms with van der Waals surface area (Å²) in [4.78, 5) is 22.0. The molecule has 2 aromatic rings. The molecular formula is C14H17N5O4. The number of nitrogens with zero attached hydrogens (tertiary/aromatic N) is 3. The molecule has 0 saturated heterocycles. The summed E-state index contributed by atoms with van der Waals surface area (Å²) in [5.41, 5.74) is -0.549. The predicted octanol–water partition coefficient (Wildman–Crippen LogP) is 1.36. The minimum atomic E-state index is -1.28. The van der Waals surface area contributed by atoms with E-state index < -0.39 is 16.6 Å². The number of rotatable bonds is 5. The fraction of sp³-hybridized carbons (Fsp3) is 0.286. The zero-order chi connectivity index (χ0) is 17.0. The molecule has 0 aliphatic carbocycles. The number of hydrogen-bond acceptors (Lipinski definition) is 5. The number of anilines is 1. The van der Waals surface area contributed by atoms with E-state index in [4.69, 9.17) is 0 Å². The van der Waals surface area contributed by atoms with Gasteiger partial charge in [0.2, 0.25) is 0 Å². The highest BCUT2D eigenvalue weighted by atomic mass is 16.6. The Balaban J connectivity index is 1.95. The molecule has 1 heterocycles. The highest BCUT2D eigenvalue weighted by Gasteiger charge is 2.25. The van der Waals surface area contributed by atoms with Crippen molar-refractivity contribution in [3.63, 3.8) is 0 Å². The lowest BCUT2D eigenvalue weighted by atomic mass is 10.00. The Kier molecular flexibility index (Phi) is 4.60. The summed E-state index contributed by atoms with van der Waals surface area (Å²) in [5.74, 6) is 0. The van der Waals surface area contributed by atoms with E-state index in [1.807, 2.05) is 0 Å². The SMILES string of the molecule is Cn1cc(C(C)(O)CNC(=O)Nc2cccc([N+](=O)[O-])c2)cn1. The van der Waals surface area contributed by atoms with Crippen LogP contribution in [0, 0.1) is 10.1 Å². The lowest BCUT2D eigenvalue weighted by Gasteiger charge is -2.22. The smallest absolute Gasteiger partial charge is 0.319 e. The molecule has 1 atom stereocenters. The topological polar surface area (TPSA) is 122 Å². The van der Waals surface area contributed by atoms with Gasteiger partial charge in [0.05, 0.1) is 17.7 Å². The summed E-state index contributed by atoms with van der Waals surface area (Å²) in [5, 5.41) is 30.0. The summed E-state index contributed by atoms with van der Waals surface area (Å²) < 4.78 is 1.55. The molecule has 122 valence electrons. The van der Waals surface area contributed by atoms with Crippen molar-refractivity contribution >= 4 is 17.4 Å². The zero-order valence-electron chi connectivity index (χ0n) is 12.7. The second-order valence-corrected chi connectivity index (χ2v) is 5.29. The number of amides is 2. The van der Waals surface area contributed by atoms with Crippen molar-refractivity contribution in [1.82, 2.24) is 15.1 Å². The van der Waals surface area contributed by atoms with E-state index in [0.29, 0.717) is 5.56 Å². The van der Waals surface area contributed by atoms with Gasteiger partial charge in [-0.1, -0.05) is 6.07 Å². The second kappa shape index (κ2) is 6.44. The zero-order valence-corrected chi connectivity index (χ0v) is 12.7. The third-order valence-corrected chi connectivity index (χ3v) is 3.23. The number of benzene rings is 1. The van der Waals surface area contributed by atoms with Crippen LogP contribution in [0.5, 0.6) is 0 Å². The van der Waals surface area contributed by atoms with Crippen LogP contribution in [0.1, 0.15) is 12.5 Å². The Morgan fingerprint density at radius 3 is 2.87 bits per heavy atom. The van der Waals surface area contributed by atoms with Crippen molar-refractivity contribution in [2.75, 3.05) is 11.9 Å². The summed E-state index contributed by atoms with van der Waals surface area (Å²) in [6.45, 7) is 1.51. The van der Waals surface area contributed by atoms with Crippen LogP contribution in [-0.2, 0) is 12.6 Å². The van der Waals surface area contributed by atoms with Crippen LogP contribution in [0.3, 0.4) is 0 Å². The largest absolute Gasteiger partial charge is 0.383 e. The van der Waals surface area contributed by atoms with Crippen LogP contribution in [0.2, 0.25) is 0 Å².